The van der Waals surface area contributed by atoms with Crippen LogP contribution in [0.2, 0.25) is 0 Å². The topological polar surface area (TPSA) is 44.8 Å². The fraction of sp³-hybridized carbons (Fsp3) is 0.923. The number of rotatable bonds is 1. The van der Waals surface area contributed by atoms with E-state index in [2.05, 4.69) is 13.8 Å². The maximum atomic E-state index is 11.8. The van der Waals surface area contributed by atoms with E-state index in [1.54, 1.807) is 0 Å². The Labute approximate surface area is 102 Å². The Bertz CT molecular complexity index is 347. The lowest BCUT2D eigenvalue weighted by Gasteiger charge is -2.37. The molecular formula is C13H20O4. The van der Waals surface area contributed by atoms with Gasteiger partial charge >= 0.3 is 5.97 Å². The average Bonchev–Trinajstić information content (AvgIpc) is 2.65. The van der Waals surface area contributed by atoms with E-state index in [-0.39, 0.29) is 17.3 Å². The molecule has 0 bridgehead atoms. The monoisotopic (exact) mass is 240 g/mol. The molecule has 4 nitrogen and oxygen atoms in total. The van der Waals surface area contributed by atoms with Crippen LogP contribution in [0.3, 0.4) is 0 Å². The first-order valence-electron chi connectivity index (χ1n) is 6.38. The van der Waals surface area contributed by atoms with E-state index in [1.807, 2.05) is 0 Å². The Morgan fingerprint density at radius 3 is 2.59 bits per heavy atom. The van der Waals surface area contributed by atoms with Crippen molar-refractivity contribution >= 4 is 5.97 Å². The van der Waals surface area contributed by atoms with Crippen molar-refractivity contribution in [3.8, 4) is 0 Å². The second-order valence-electron chi connectivity index (χ2n) is 6.00. The molecule has 2 aliphatic carbocycles. The van der Waals surface area contributed by atoms with Gasteiger partial charge in [0.05, 0.1) is 26.2 Å². The Hall–Kier alpha value is -0.610. The Kier molecular flexibility index (Phi) is 2.33. The Morgan fingerprint density at radius 1 is 1.35 bits per heavy atom. The van der Waals surface area contributed by atoms with Gasteiger partial charge in [-0.05, 0) is 17.3 Å². The van der Waals surface area contributed by atoms with Gasteiger partial charge in [-0.2, -0.15) is 0 Å². The van der Waals surface area contributed by atoms with Crippen LogP contribution in [0, 0.1) is 23.2 Å². The first-order chi connectivity index (χ1) is 8.02. The maximum absolute atomic E-state index is 11.8. The molecule has 4 unspecified atom stereocenters. The Balaban J connectivity index is 1.83. The standard InChI is InChI=1S/C13H20O4/c1-8-6-13(16-4-5-17-13)7-12(2)9(8)10(12)11(14)15-3/h8-10H,4-7H2,1-3H3. The highest BCUT2D eigenvalue weighted by molar-refractivity contribution is 5.78. The lowest BCUT2D eigenvalue weighted by atomic mass is 9.79. The highest BCUT2D eigenvalue weighted by Gasteiger charge is 2.72. The van der Waals surface area contributed by atoms with Gasteiger partial charge in [-0.15, -0.1) is 0 Å². The summed E-state index contributed by atoms with van der Waals surface area (Å²) in [5.74, 6) is 0.436. The van der Waals surface area contributed by atoms with E-state index in [0.29, 0.717) is 25.0 Å². The van der Waals surface area contributed by atoms with Gasteiger partial charge in [0.1, 0.15) is 0 Å². The minimum atomic E-state index is -0.423. The van der Waals surface area contributed by atoms with Gasteiger partial charge in [0.15, 0.2) is 5.79 Å². The molecule has 3 aliphatic rings. The number of esters is 1. The van der Waals surface area contributed by atoms with Crippen LogP contribution < -0.4 is 0 Å². The summed E-state index contributed by atoms with van der Waals surface area (Å²) in [7, 11) is 1.47. The van der Waals surface area contributed by atoms with Crippen molar-refractivity contribution in [1.82, 2.24) is 0 Å². The lowest BCUT2D eigenvalue weighted by Crippen LogP contribution is -2.39. The number of carbonyl (C=O) groups is 1. The van der Waals surface area contributed by atoms with Gasteiger partial charge in [-0.1, -0.05) is 13.8 Å². The summed E-state index contributed by atoms with van der Waals surface area (Å²) in [5.41, 5.74) is 0.00903. The summed E-state index contributed by atoms with van der Waals surface area (Å²) in [4.78, 5) is 11.8. The zero-order valence-electron chi connectivity index (χ0n) is 10.7. The van der Waals surface area contributed by atoms with Crippen molar-refractivity contribution in [2.45, 2.75) is 32.5 Å². The summed E-state index contributed by atoms with van der Waals surface area (Å²) >= 11 is 0. The highest BCUT2D eigenvalue weighted by atomic mass is 16.7. The number of carbonyl (C=O) groups excluding carboxylic acids is 1. The summed E-state index contributed by atoms with van der Waals surface area (Å²) in [6.07, 6.45) is 1.73. The summed E-state index contributed by atoms with van der Waals surface area (Å²) in [6.45, 7) is 5.71. The average molecular weight is 240 g/mol. The first-order valence-corrected chi connectivity index (χ1v) is 6.38. The molecule has 0 aromatic rings. The molecule has 0 aromatic carbocycles. The summed E-state index contributed by atoms with van der Waals surface area (Å²) in [5, 5.41) is 0. The zero-order chi connectivity index (χ0) is 12.3. The minimum absolute atomic E-state index is 0.00903. The predicted molar refractivity (Wildman–Crippen MR) is 60.1 cm³/mol. The molecule has 0 N–H and O–H groups in total. The van der Waals surface area contributed by atoms with Gasteiger partial charge in [-0.3, -0.25) is 4.79 Å². The van der Waals surface area contributed by atoms with Crippen LogP contribution in [0.5, 0.6) is 0 Å². The first kappa shape index (κ1) is 11.5. The molecular weight excluding hydrogens is 220 g/mol. The van der Waals surface area contributed by atoms with Gasteiger partial charge in [0, 0.05) is 12.8 Å². The third-order valence-electron chi connectivity index (χ3n) is 4.89. The van der Waals surface area contributed by atoms with Crippen molar-refractivity contribution in [3.05, 3.63) is 0 Å². The van der Waals surface area contributed by atoms with Crippen LogP contribution in [-0.2, 0) is 19.0 Å². The second kappa shape index (κ2) is 3.45. The van der Waals surface area contributed by atoms with Crippen LogP contribution in [0.1, 0.15) is 26.7 Å². The van der Waals surface area contributed by atoms with Crippen LogP contribution in [0.25, 0.3) is 0 Å². The molecule has 2 saturated carbocycles. The zero-order valence-corrected chi connectivity index (χ0v) is 10.7. The normalized spacial score (nSPS) is 46.6. The molecule has 4 heteroatoms. The maximum Gasteiger partial charge on any atom is 0.309 e. The van der Waals surface area contributed by atoms with Crippen molar-refractivity contribution in [1.29, 1.82) is 0 Å². The van der Waals surface area contributed by atoms with Gasteiger partial charge in [0.2, 0.25) is 0 Å². The third-order valence-corrected chi connectivity index (χ3v) is 4.89. The van der Waals surface area contributed by atoms with E-state index in [1.165, 1.54) is 7.11 Å². The number of hydrogen-bond donors (Lipinski definition) is 0. The van der Waals surface area contributed by atoms with E-state index in [9.17, 15) is 4.79 Å². The van der Waals surface area contributed by atoms with E-state index in [4.69, 9.17) is 14.2 Å². The summed E-state index contributed by atoms with van der Waals surface area (Å²) in [6, 6.07) is 0. The van der Waals surface area contributed by atoms with E-state index in [0.717, 1.165) is 12.8 Å². The molecule has 1 saturated heterocycles. The van der Waals surface area contributed by atoms with Crippen molar-refractivity contribution in [2.24, 2.45) is 23.2 Å². The van der Waals surface area contributed by atoms with Crippen LogP contribution in [-0.4, -0.2) is 32.1 Å². The fourth-order valence-electron chi connectivity index (χ4n) is 4.34. The van der Waals surface area contributed by atoms with Crippen molar-refractivity contribution < 1.29 is 19.0 Å². The van der Waals surface area contributed by atoms with Gasteiger partial charge < -0.3 is 14.2 Å². The molecule has 1 aliphatic heterocycles. The molecule has 96 valence electrons. The van der Waals surface area contributed by atoms with Crippen LogP contribution in [0.15, 0.2) is 0 Å². The number of ether oxygens (including phenoxy) is 3. The highest BCUT2D eigenvalue weighted by Crippen LogP contribution is 2.70. The van der Waals surface area contributed by atoms with E-state index < -0.39 is 5.79 Å². The fourth-order valence-corrected chi connectivity index (χ4v) is 4.34. The van der Waals surface area contributed by atoms with Crippen molar-refractivity contribution in [2.75, 3.05) is 20.3 Å². The largest absolute Gasteiger partial charge is 0.469 e. The smallest absolute Gasteiger partial charge is 0.309 e. The second-order valence-corrected chi connectivity index (χ2v) is 6.00. The Morgan fingerprint density at radius 2 is 2.00 bits per heavy atom. The molecule has 3 fully saturated rings. The number of fused-ring (bicyclic) bond motifs is 1. The quantitative estimate of drug-likeness (QED) is 0.653. The number of methoxy groups -OCH3 is 1. The molecule has 4 atom stereocenters. The van der Waals surface area contributed by atoms with Crippen molar-refractivity contribution in [3.63, 3.8) is 0 Å². The minimum Gasteiger partial charge on any atom is -0.469 e. The number of hydrogen-bond acceptors (Lipinski definition) is 4. The van der Waals surface area contributed by atoms with Crippen LogP contribution in [0.4, 0.5) is 0 Å². The lowest BCUT2D eigenvalue weighted by molar-refractivity contribution is -0.197. The van der Waals surface area contributed by atoms with Gasteiger partial charge in [-0.25, -0.2) is 0 Å². The van der Waals surface area contributed by atoms with E-state index >= 15 is 0 Å². The molecule has 17 heavy (non-hydrogen) atoms. The van der Waals surface area contributed by atoms with Crippen LogP contribution >= 0.6 is 0 Å². The predicted octanol–water partition coefficient (Wildman–Crippen LogP) is 1.58. The molecule has 0 radical (unpaired) electrons. The summed E-state index contributed by atoms with van der Waals surface area (Å²) < 4.78 is 16.5. The SMILES string of the molecule is COC(=O)C1C2C(C)CC3(CC12C)OCCO3. The molecule has 3 rings (SSSR count). The van der Waals surface area contributed by atoms with Gasteiger partial charge in [0.25, 0.3) is 0 Å². The molecule has 0 amide bonds. The molecule has 1 spiro atoms. The third kappa shape index (κ3) is 1.47. The molecule has 0 aromatic heterocycles. The molecule has 1 heterocycles.